The first-order valence-electron chi connectivity index (χ1n) is 4.00. The van der Waals surface area contributed by atoms with E-state index in [-0.39, 0.29) is 10.7 Å². The molecule has 0 fully saturated rings. The van der Waals surface area contributed by atoms with Crippen LogP contribution in [0.25, 0.3) is 0 Å². The van der Waals surface area contributed by atoms with Crippen LogP contribution in [-0.2, 0) is 10.0 Å². The van der Waals surface area contributed by atoms with E-state index in [0.29, 0.717) is 0 Å². The summed E-state index contributed by atoms with van der Waals surface area (Å²) in [4.78, 5) is 3.86. The van der Waals surface area contributed by atoms with Crippen molar-refractivity contribution < 1.29 is 8.42 Å². The van der Waals surface area contributed by atoms with Crippen LogP contribution in [0.4, 0.5) is 5.82 Å². The van der Waals surface area contributed by atoms with E-state index in [1.54, 1.807) is 6.92 Å². The van der Waals surface area contributed by atoms with E-state index < -0.39 is 10.0 Å². The third kappa shape index (κ3) is 1.85. The topological polar surface area (TPSA) is 76.3 Å². The molecule has 0 saturated heterocycles. The largest absolute Gasteiger partial charge is 0.383 e. The highest BCUT2D eigenvalue weighted by Crippen LogP contribution is 2.19. The maximum atomic E-state index is 11.7. The highest BCUT2D eigenvalue weighted by molar-refractivity contribution is 7.89. The van der Waals surface area contributed by atoms with Crippen molar-refractivity contribution in [3.63, 3.8) is 0 Å². The van der Waals surface area contributed by atoms with Gasteiger partial charge in [-0.15, -0.1) is 0 Å². The molecule has 1 aromatic rings. The summed E-state index contributed by atoms with van der Waals surface area (Å²) in [7, 11) is -0.573. The Hall–Kier alpha value is -1.14. The smallest absolute Gasteiger partial charge is 0.246 e. The molecule has 0 aliphatic heterocycles. The SMILES string of the molecule is Cc1cnc(N)c(S(=O)(=O)N(C)C)c1. The minimum Gasteiger partial charge on any atom is -0.383 e. The summed E-state index contributed by atoms with van der Waals surface area (Å²) in [5.41, 5.74) is 6.26. The van der Waals surface area contributed by atoms with Gasteiger partial charge in [-0.3, -0.25) is 0 Å². The normalized spacial score (nSPS) is 12.0. The van der Waals surface area contributed by atoms with Crippen LogP contribution in [0.2, 0.25) is 0 Å². The monoisotopic (exact) mass is 215 g/mol. The number of anilines is 1. The Morgan fingerprint density at radius 3 is 2.50 bits per heavy atom. The summed E-state index contributed by atoms with van der Waals surface area (Å²) in [6, 6.07) is 1.51. The van der Waals surface area contributed by atoms with Crippen LogP contribution in [0.1, 0.15) is 5.56 Å². The van der Waals surface area contributed by atoms with E-state index in [2.05, 4.69) is 4.98 Å². The van der Waals surface area contributed by atoms with E-state index in [0.717, 1.165) is 9.87 Å². The van der Waals surface area contributed by atoms with Crippen LogP contribution in [0.15, 0.2) is 17.2 Å². The molecule has 0 spiro atoms. The Balaban J connectivity index is 3.40. The first kappa shape index (κ1) is 10.9. The van der Waals surface area contributed by atoms with E-state index in [1.807, 2.05) is 0 Å². The zero-order valence-corrected chi connectivity index (χ0v) is 9.17. The molecule has 1 heterocycles. The van der Waals surface area contributed by atoms with Crippen LogP contribution in [0.3, 0.4) is 0 Å². The summed E-state index contributed by atoms with van der Waals surface area (Å²) in [5, 5.41) is 0. The van der Waals surface area contributed by atoms with Crippen molar-refractivity contribution in [2.24, 2.45) is 0 Å². The lowest BCUT2D eigenvalue weighted by molar-refractivity contribution is 0.521. The number of aromatic nitrogens is 1. The molecule has 0 aliphatic rings. The Bertz CT molecular complexity index is 440. The van der Waals surface area contributed by atoms with E-state index in [1.165, 1.54) is 26.4 Å². The van der Waals surface area contributed by atoms with E-state index >= 15 is 0 Å². The number of nitrogens with zero attached hydrogens (tertiary/aromatic N) is 2. The van der Waals surface area contributed by atoms with Gasteiger partial charge in [0.15, 0.2) is 0 Å². The molecule has 0 unspecified atom stereocenters. The third-order valence-electron chi connectivity index (χ3n) is 1.78. The molecule has 6 heteroatoms. The van der Waals surface area contributed by atoms with Crippen molar-refractivity contribution in [1.82, 2.24) is 9.29 Å². The molecule has 0 radical (unpaired) electrons. The van der Waals surface area contributed by atoms with Crippen LogP contribution < -0.4 is 5.73 Å². The average molecular weight is 215 g/mol. The Morgan fingerprint density at radius 2 is 2.00 bits per heavy atom. The Kier molecular flexibility index (Phi) is 2.77. The summed E-state index contributed by atoms with van der Waals surface area (Å²) in [6.07, 6.45) is 1.53. The minimum absolute atomic E-state index is 0.0318. The van der Waals surface area contributed by atoms with Gasteiger partial charge in [0.25, 0.3) is 0 Å². The Labute approximate surface area is 83.6 Å². The molecule has 0 aromatic carbocycles. The lowest BCUT2D eigenvalue weighted by atomic mass is 10.3. The molecular weight excluding hydrogens is 202 g/mol. The molecule has 0 amide bonds. The number of pyridine rings is 1. The van der Waals surface area contributed by atoms with Gasteiger partial charge in [-0.05, 0) is 18.6 Å². The molecule has 0 atom stereocenters. The number of aryl methyl sites for hydroxylation is 1. The van der Waals surface area contributed by atoms with Crippen molar-refractivity contribution in [3.05, 3.63) is 17.8 Å². The van der Waals surface area contributed by atoms with Gasteiger partial charge in [0.05, 0.1) is 0 Å². The quantitative estimate of drug-likeness (QED) is 0.765. The number of nitrogen functional groups attached to an aromatic ring is 1. The second kappa shape index (κ2) is 3.55. The zero-order chi connectivity index (χ0) is 10.9. The van der Waals surface area contributed by atoms with Crippen molar-refractivity contribution in [1.29, 1.82) is 0 Å². The van der Waals surface area contributed by atoms with Crippen LogP contribution in [0.5, 0.6) is 0 Å². The molecule has 0 saturated carbocycles. The van der Waals surface area contributed by atoms with Gasteiger partial charge >= 0.3 is 0 Å². The Morgan fingerprint density at radius 1 is 1.43 bits per heavy atom. The van der Waals surface area contributed by atoms with E-state index in [4.69, 9.17) is 5.73 Å². The predicted octanol–water partition coefficient (Wildman–Crippen LogP) is 0.223. The molecule has 1 rings (SSSR count). The molecular formula is C8H13N3O2S. The fraction of sp³-hybridized carbons (Fsp3) is 0.375. The summed E-state index contributed by atoms with van der Waals surface area (Å²) in [6.45, 7) is 1.76. The second-order valence-corrected chi connectivity index (χ2v) is 5.30. The van der Waals surface area contributed by atoms with Gasteiger partial charge in [0.2, 0.25) is 10.0 Å². The van der Waals surface area contributed by atoms with Crippen LogP contribution in [-0.4, -0.2) is 31.8 Å². The van der Waals surface area contributed by atoms with Gasteiger partial charge in [0.1, 0.15) is 10.7 Å². The maximum absolute atomic E-state index is 11.7. The molecule has 0 bridgehead atoms. The fourth-order valence-corrected chi connectivity index (χ4v) is 2.00. The highest BCUT2D eigenvalue weighted by Gasteiger charge is 2.20. The number of nitrogens with two attached hydrogens (primary N) is 1. The van der Waals surface area contributed by atoms with Crippen LogP contribution >= 0.6 is 0 Å². The summed E-state index contributed by atoms with van der Waals surface area (Å²) in [5.74, 6) is 0.0318. The standard InChI is InChI=1S/C8H13N3O2S/c1-6-4-7(8(9)10-5-6)14(12,13)11(2)3/h4-5H,1-3H3,(H2,9,10). The molecule has 14 heavy (non-hydrogen) atoms. The summed E-state index contributed by atoms with van der Waals surface area (Å²) >= 11 is 0. The van der Waals surface area contributed by atoms with Gasteiger partial charge in [-0.2, -0.15) is 0 Å². The van der Waals surface area contributed by atoms with Gasteiger partial charge in [-0.25, -0.2) is 17.7 Å². The lowest BCUT2D eigenvalue weighted by Crippen LogP contribution is -2.23. The zero-order valence-electron chi connectivity index (χ0n) is 8.35. The maximum Gasteiger partial charge on any atom is 0.246 e. The predicted molar refractivity (Wildman–Crippen MR) is 54.3 cm³/mol. The van der Waals surface area contributed by atoms with Crippen LogP contribution in [0, 0.1) is 6.92 Å². The van der Waals surface area contributed by atoms with Gasteiger partial charge < -0.3 is 5.73 Å². The fourth-order valence-electron chi connectivity index (χ4n) is 0.956. The average Bonchev–Trinajstić information content (AvgIpc) is 2.08. The van der Waals surface area contributed by atoms with Crippen molar-refractivity contribution in [3.8, 4) is 0 Å². The molecule has 78 valence electrons. The number of sulfonamides is 1. The summed E-state index contributed by atoms with van der Waals surface area (Å²) < 4.78 is 24.5. The highest BCUT2D eigenvalue weighted by atomic mass is 32.2. The first-order chi connectivity index (χ1) is 6.35. The van der Waals surface area contributed by atoms with Gasteiger partial charge in [0, 0.05) is 20.3 Å². The third-order valence-corrected chi connectivity index (χ3v) is 3.62. The second-order valence-electron chi connectivity index (χ2n) is 3.18. The molecule has 2 N–H and O–H groups in total. The van der Waals surface area contributed by atoms with Gasteiger partial charge in [-0.1, -0.05) is 0 Å². The number of hydrogen-bond donors (Lipinski definition) is 1. The minimum atomic E-state index is -3.48. The van der Waals surface area contributed by atoms with Crippen molar-refractivity contribution in [2.45, 2.75) is 11.8 Å². The molecule has 5 nitrogen and oxygen atoms in total. The van der Waals surface area contributed by atoms with Crippen molar-refractivity contribution in [2.75, 3.05) is 19.8 Å². The first-order valence-corrected chi connectivity index (χ1v) is 5.44. The lowest BCUT2D eigenvalue weighted by Gasteiger charge is -2.12. The van der Waals surface area contributed by atoms with E-state index in [9.17, 15) is 8.42 Å². The molecule has 0 aliphatic carbocycles. The van der Waals surface area contributed by atoms with Crippen molar-refractivity contribution >= 4 is 15.8 Å². The molecule has 1 aromatic heterocycles. The number of hydrogen-bond acceptors (Lipinski definition) is 4. The number of rotatable bonds is 2.